The van der Waals surface area contributed by atoms with Gasteiger partial charge in [-0.15, -0.1) is 4.99 Å². The molecule has 0 heterocycles. The highest BCUT2D eigenvalue weighted by molar-refractivity contribution is 6.08. The van der Waals surface area contributed by atoms with Crippen molar-refractivity contribution in [2.24, 2.45) is 4.99 Å². The molecule has 11 nitrogen and oxygen atoms in total. The zero-order valence-electron chi connectivity index (χ0n) is 19.5. The van der Waals surface area contributed by atoms with Crippen molar-refractivity contribution in [3.05, 3.63) is 78.9 Å². The van der Waals surface area contributed by atoms with Crippen LogP contribution < -0.4 is 25.4 Å². The molecule has 0 fully saturated rings. The number of para-hydroxylation sites is 2. The number of carbonyl (C=O) groups is 3. The monoisotopic (exact) mass is 492 g/mol. The Labute approximate surface area is 207 Å². The van der Waals surface area contributed by atoms with Crippen LogP contribution in [0.4, 0.5) is 21.0 Å². The minimum Gasteiger partial charge on any atom is -0.484 e. The molecule has 0 radical (unpaired) electrons. The lowest BCUT2D eigenvalue weighted by molar-refractivity contribution is -0.118. The molecule has 3 aromatic carbocycles. The lowest BCUT2D eigenvalue weighted by atomic mass is 10.2. The fourth-order valence-corrected chi connectivity index (χ4v) is 2.78. The van der Waals surface area contributed by atoms with Crippen LogP contribution in [0.2, 0.25) is 0 Å². The van der Waals surface area contributed by atoms with Crippen molar-refractivity contribution in [2.75, 3.05) is 31.5 Å². The summed E-state index contributed by atoms with van der Waals surface area (Å²) >= 11 is 0. The summed E-state index contributed by atoms with van der Waals surface area (Å²) < 4.78 is 20.4. The van der Waals surface area contributed by atoms with E-state index >= 15 is 0 Å². The van der Waals surface area contributed by atoms with Gasteiger partial charge in [0.25, 0.3) is 5.91 Å². The Morgan fingerprint density at radius 2 is 1.42 bits per heavy atom. The van der Waals surface area contributed by atoms with Gasteiger partial charge in [0.05, 0.1) is 25.6 Å². The Bertz CT molecular complexity index is 1220. The van der Waals surface area contributed by atoms with E-state index in [4.69, 9.17) is 9.47 Å². The number of hydrogen-bond donors (Lipinski definition) is 3. The van der Waals surface area contributed by atoms with Crippen molar-refractivity contribution in [1.82, 2.24) is 5.32 Å². The van der Waals surface area contributed by atoms with Crippen molar-refractivity contribution in [3.8, 4) is 17.2 Å². The average molecular weight is 492 g/mol. The summed E-state index contributed by atoms with van der Waals surface area (Å²) in [6, 6.07) is 22.7. The number of alkyl carbamates (subject to hydrolysis) is 1. The number of methoxy groups -OCH3 is 2. The molecule has 0 saturated carbocycles. The maximum Gasteiger partial charge on any atom is 0.436 e. The second-order valence-electron chi connectivity index (χ2n) is 6.94. The fraction of sp³-hybridized carbons (Fsp3) is 0.120. The van der Waals surface area contributed by atoms with Gasteiger partial charge in [0.2, 0.25) is 5.96 Å². The van der Waals surface area contributed by atoms with Crippen molar-refractivity contribution < 1.29 is 33.3 Å². The van der Waals surface area contributed by atoms with Gasteiger partial charge in [-0.1, -0.05) is 36.4 Å². The van der Waals surface area contributed by atoms with E-state index in [1.54, 1.807) is 54.6 Å². The van der Waals surface area contributed by atoms with E-state index in [1.807, 2.05) is 24.3 Å². The Morgan fingerprint density at radius 1 is 0.750 bits per heavy atom. The molecule has 0 bridgehead atoms. The largest absolute Gasteiger partial charge is 0.484 e. The van der Waals surface area contributed by atoms with Crippen LogP contribution in [0, 0.1) is 0 Å². The molecule has 0 aliphatic carbocycles. The first-order valence-corrected chi connectivity index (χ1v) is 10.6. The van der Waals surface area contributed by atoms with Gasteiger partial charge in [0.1, 0.15) is 17.2 Å². The molecule has 0 aromatic heterocycles. The smallest absolute Gasteiger partial charge is 0.436 e. The molecular formula is C25H24N4O7. The highest BCUT2D eigenvalue weighted by Crippen LogP contribution is 2.30. The number of carbonyl (C=O) groups excluding carboxylic acids is 3. The number of guanidine groups is 1. The Kier molecular flexibility index (Phi) is 9.22. The lowest BCUT2D eigenvalue weighted by Crippen LogP contribution is -2.36. The molecule has 0 atom stereocenters. The number of aliphatic imine (C=N–C) groups is 1. The van der Waals surface area contributed by atoms with E-state index in [0.29, 0.717) is 17.2 Å². The normalized spacial score (nSPS) is 10.6. The molecule has 11 heteroatoms. The molecule has 0 saturated heterocycles. The molecule has 186 valence electrons. The number of rotatable bonds is 7. The minimum absolute atomic E-state index is 0.259. The predicted molar refractivity (Wildman–Crippen MR) is 133 cm³/mol. The summed E-state index contributed by atoms with van der Waals surface area (Å²) in [5.74, 6) is 0.774. The standard InChI is InChI=1S/C25H24N4O7/c1-33-24(31)28-23(29-25(32)34-2)27-20-14-13-19(36-18-11-7-4-8-12-18)15-21(20)26-22(30)16-35-17-9-5-3-6-10-17/h3-15H,16H2,1-2H3,(H,26,30)(H2,27,28,29,31,32). The van der Waals surface area contributed by atoms with E-state index in [-0.39, 0.29) is 23.9 Å². The van der Waals surface area contributed by atoms with Gasteiger partial charge in [-0.3, -0.25) is 10.1 Å². The van der Waals surface area contributed by atoms with Gasteiger partial charge < -0.3 is 29.6 Å². The fourth-order valence-electron chi connectivity index (χ4n) is 2.78. The maximum absolute atomic E-state index is 12.6. The van der Waals surface area contributed by atoms with Crippen LogP contribution in [0.25, 0.3) is 0 Å². The Morgan fingerprint density at radius 3 is 2.06 bits per heavy atom. The Balaban J connectivity index is 1.85. The maximum atomic E-state index is 12.6. The first kappa shape index (κ1) is 25.6. The van der Waals surface area contributed by atoms with Crippen molar-refractivity contribution >= 4 is 35.4 Å². The van der Waals surface area contributed by atoms with Crippen LogP contribution in [0.5, 0.6) is 17.2 Å². The zero-order chi connectivity index (χ0) is 25.8. The highest BCUT2D eigenvalue weighted by atomic mass is 16.5. The number of anilines is 2. The van der Waals surface area contributed by atoms with Crippen LogP contribution in [-0.4, -0.2) is 44.9 Å². The molecule has 0 aliphatic rings. The van der Waals surface area contributed by atoms with Crippen LogP contribution in [0.15, 0.2) is 83.9 Å². The summed E-state index contributed by atoms with van der Waals surface area (Å²) in [5.41, 5.74) is 0.539. The molecule has 3 N–H and O–H groups in total. The van der Waals surface area contributed by atoms with Crippen LogP contribution in [-0.2, 0) is 14.3 Å². The lowest BCUT2D eigenvalue weighted by Gasteiger charge is -2.16. The van der Waals surface area contributed by atoms with Crippen molar-refractivity contribution in [2.45, 2.75) is 0 Å². The van der Waals surface area contributed by atoms with Gasteiger partial charge in [-0.05, 0) is 36.4 Å². The SMILES string of the molecule is COC(=O)/N=C(/NC(=O)OC)Nc1ccc(Oc2ccccc2)cc1NC(=O)COc1ccccc1. The van der Waals surface area contributed by atoms with E-state index < -0.39 is 18.1 Å². The number of amides is 3. The number of benzene rings is 3. The summed E-state index contributed by atoms with van der Waals surface area (Å²) in [6.45, 7) is -0.267. The van der Waals surface area contributed by atoms with Gasteiger partial charge in [-0.2, -0.15) is 0 Å². The Hall–Kier alpha value is -5.06. The van der Waals surface area contributed by atoms with E-state index in [1.165, 1.54) is 0 Å². The van der Waals surface area contributed by atoms with Gasteiger partial charge in [0, 0.05) is 6.07 Å². The number of nitrogens with one attached hydrogen (secondary N) is 3. The van der Waals surface area contributed by atoms with Crippen LogP contribution in [0.1, 0.15) is 0 Å². The van der Waals surface area contributed by atoms with Crippen molar-refractivity contribution in [1.29, 1.82) is 0 Å². The molecular weight excluding hydrogens is 468 g/mol. The minimum atomic E-state index is -0.972. The number of nitrogens with zero attached hydrogens (tertiary/aromatic N) is 1. The van der Waals surface area contributed by atoms with E-state index in [9.17, 15) is 14.4 Å². The van der Waals surface area contributed by atoms with Gasteiger partial charge >= 0.3 is 12.2 Å². The van der Waals surface area contributed by atoms with Gasteiger partial charge in [-0.25, -0.2) is 9.59 Å². The zero-order valence-corrected chi connectivity index (χ0v) is 19.5. The third-order valence-corrected chi connectivity index (χ3v) is 4.39. The molecule has 0 unspecified atom stereocenters. The van der Waals surface area contributed by atoms with Crippen LogP contribution >= 0.6 is 0 Å². The molecule has 0 spiro atoms. The highest BCUT2D eigenvalue weighted by Gasteiger charge is 2.15. The van der Waals surface area contributed by atoms with E-state index in [0.717, 1.165) is 14.2 Å². The second kappa shape index (κ2) is 13.0. The summed E-state index contributed by atoms with van der Waals surface area (Å²) in [4.78, 5) is 39.7. The molecule has 0 aliphatic heterocycles. The molecule has 3 rings (SSSR count). The molecule has 3 amide bonds. The van der Waals surface area contributed by atoms with Crippen LogP contribution in [0.3, 0.4) is 0 Å². The first-order valence-electron chi connectivity index (χ1n) is 10.6. The quantitative estimate of drug-likeness (QED) is 0.326. The predicted octanol–water partition coefficient (Wildman–Crippen LogP) is 4.39. The third kappa shape index (κ3) is 8.06. The van der Waals surface area contributed by atoms with E-state index in [2.05, 4.69) is 30.4 Å². The number of hydrogen-bond acceptors (Lipinski definition) is 7. The molecule has 36 heavy (non-hydrogen) atoms. The first-order chi connectivity index (χ1) is 17.5. The summed E-state index contributed by atoms with van der Waals surface area (Å²) in [5, 5.41) is 7.77. The summed E-state index contributed by atoms with van der Waals surface area (Å²) in [7, 11) is 2.29. The van der Waals surface area contributed by atoms with Gasteiger partial charge in [0.15, 0.2) is 6.61 Å². The topological polar surface area (TPSA) is 137 Å². The summed E-state index contributed by atoms with van der Waals surface area (Å²) in [6.07, 6.45) is -1.85. The van der Waals surface area contributed by atoms with Crippen molar-refractivity contribution in [3.63, 3.8) is 0 Å². The third-order valence-electron chi connectivity index (χ3n) is 4.39. The average Bonchev–Trinajstić information content (AvgIpc) is 2.90. The molecule has 3 aromatic rings. The number of ether oxygens (including phenoxy) is 4. The second-order valence-corrected chi connectivity index (χ2v) is 6.94.